The zero-order valence-electron chi connectivity index (χ0n) is 11.1. The fourth-order valence-electron chi connectivity index (χ4n) is 2.81. The third kappa shape index (κ3) is 2.60. The molecule has 3 heteroatoms. The molecule has 1 aliphatic rings. The lowest BCUT2D eigenvalue weighted by molar-refractivity contribution is 0.297. The van der Waals surface area contributed by atoms with Gasteiger partial charge in [-0.15, -0.1) is 0 Å². The number of aromatic nitrogens is 1. The van der Waals surface area contributed by atoms with E-state index in [1.807, 2.05) is 6.20 Å². The Hall–Kier alpha value is -1.09. The Kier molecular flexibility index (Phi) is 3.67. The van der Waals surface area contributed by atoms with Crippen molar-refractivity contribution in [2.75, 3.05) is 11.4 Å². The second-order valence-electron chi connectivity index (χ2n) is 5.42. The van der Waals surface area contributed by atoms with Gasteiger partial charge in [-0.2, -0.15) is 0 Å². The zero-order valence-corrected chi connectivity index (χ0v) is 11.1. The van der Waals surface area contributed by atoms with E-state index in [-0.39, 0.29) is 0 Å². The van der Waals surface area contributed by atoms with E-state index >= 15 is 0 Å². The minimum atomic E-state index is 0.515. The number of anilines is 1. The summed E-state index contributed by atoms with van der Waals surface area (Å²) < 4.78 is 0. The van der Waals surface area contributed by atoms with E-state index < -0.39 is 0 Å². The van der Waals surface area contributed by atoms with E-state index in [1.54, 1.807) is 0 Å². The summed E-state index contributed by atoms with van der Waals surface area (Å²) in [7, 11) is 0. The van der Waals surface area contributed by atoms with Crippen molar-refractivity contribution in [2.24, 2.45) is 17.6 Å². The SMILES string of the molecule is CC1CC(C)C(C)N(c2ccnc(CN)c2)C1. The van der Waals surface area contributed by atoms with Crippen LogP contribution >= 0.6 is 0 Å². The van der Waals surface area contributed by atoms with Crippen LogP contribution in [-0.2, 0) is 6.54 Å². The molecule has 94 valence electrons. The summed E-state index contributed by atoms with van der Waals surface area (Å²) in [6, 6.07) is 4.82. The van der Waals surface area contributed by atoms with Crippen molar-refractivity contribution in [2.45, 2.75) is 39.8 Å². The van der Waals surface area contributed by atoms with Crippen molar-refractivity contribution in [3.63, 3.8) is 0 Å². The first-order valence-corrected chi connectivity index (χ1v) is 6.53. The highest BCUT2D eigenvalue weighted by molar-refractivity contribution is 5.48. The standard InChI is InChI=1S/C14H23N3/c1-10-6-11(2)12(3)17(9-10)14-4-5-16-13(7-14)8-15/h4-5,7,10-12H,6,8-9,15H2,1-3H3. The highest BCUT2D eigenvalue weighted by Gasteiger charge is 2.28. The largest absolute Gasteiger partial charge is 0.368 e. The first-order chi connectivity index (χ1) is 8.11. The molecular formula is C14H23N3. The Labute approximate surface area is 104 Å². The van der Waals surface area contributed by atoms with Crippen LogP contribution in [0.15, 0.2) is 18.3 Å². The summed E-state index contributed by atoms with van der Waals surface area (Å²) in [5.74, 6) is 1.50. The molecule has 1 fully saturated rings. The summed E-state index contributed by atoms with van der Waals surface area (Å²) in [5.41, 5.74) is 7.90. The molecule has 2 heterocycles. The Balaban J connectivity index is 2.24. The predicted octanol–water partition coefficient (Wildman–Crippen LogP) is 2.41. The summed E-state index contributed by atoms with van der Waals surface area (Å²) in [6.45, 7) is 8.65. The fourth-order valence-corrected chi connectivity index (χ4v) is 2.81. The molecule has 2 rings (SSSR count). The molecule has 0 spiro atoms. The molecule has 17 heavy (non-hydrogen) atoms. The van der Waals surface area contributed by atoms with Crippen LogP contribution < -0.4 is 10.6 Å². The van der Waals surface area contributed by atoms with Crippen LogP contribution in [0, 0.1) is 11.8 Å². The minimum absolute atomic E-state index is 0.515. The lowest BCUT2D eigenvalue weighted by Gasteiger charge is -2.42. The second-order valence-corrected chi connectivity index (χ2v) is 5.42. The number of pyridine rings is 1. The van der Waals surface area contributed by atoms with Crippen LogP contribution in [-0.4, -0.2) is 17.6 Å². The van der Waals surface area contributed by atoms with Gasteiger partial charge in [0.15, 0.2) is 0 Å². The summed E-state index contributed by atoms with van der Waals surface area (Å²) in [6.07, 6.45) is 3.20. The van der Waals surface area contributed by atoms with E-state index in [0.29, 0.717) is 12.6 Å². The van der Waals surface area contributed by atoms with Crippen molar-refractivity contribution >= 4 is 5.69 Å². The van der Waals surface area contributed by atoms with E-state index in [9.17, 15) is 0 Å². The molecule has 1 aliphatic heterocycles. The predicted molar refractivity (Wildman–Crippen MR) is 71.9 cm³/mol. The van der Waals surface area contributed by atoms with Gasteiger partial charge in [-0.25, -0.2) is 0 Å². The summed E-state index contributed by atoms with van der Waals surface area (Å²) in [5, 5.41) is 0. The first kappa shape index (κ1) is 12.4. The average molecular weight is 233 g/mol. The van der Waals surface area contributed by atoms with E-state index in [0.717, 1.165) is 24.1 Å². The number of hydrogen-bond donors (Lipinski definition) is 1. The third-order valence-corrected chi connectivity index (χ3v) is 3.94. The van der Waals surface area contributed by atoms with Gasteiger partial charge in [0.05, 0.1) is 5.69 Å². The molecule has 2 N–H and O–H groups in total. The first-order valence-electron chi connectivity index (χ1n) is 6.53. The maximum atomic E-state index is 5.66. The van der Waals surface area contributed by atoms with Crippen LogP contribution in [0.5, 0.6) is 0 Å². The molecule has 0 radical (unpaired) electrons. The molecule has 1 aromatic heterocycles. The summed E-state index contributed by atoms with van der Waals surface area (Å²) >= 11 is 0. The van der Waals surface area contributed by atoms with Crippen molar-refractivity contribution < 1.29 is 0 Å². The topological polar surface area (TPSA) is 42.2 Å². The Morgan fingerprint density at radius 2 is 2.18 bits per heavy atom. The fraction of sp³-hybridized carbons (Fsp3) is 0.643. The summed E-state index contributed by atoms with van der Waals surface area (Å²) in [4.78, 5) is 6.76. The monoisotopic (exact) mass is 233 g/mol. The van der Waals surface area contributed by atoms with Crippen LogP contribution in [0.3, 0.4) is 0 Å². The average Bonchev–Trinajstić information content (AvgIpc) is 2.34. The molecule has 3 nitrogen and oxygen atoms in total. The van der Waals surface area contributed by atoms with Gasteiger partial charge >= 0.3 is 0 Å². The number of piperidine rings is 1. The van der Waals surface area contributed by atoms with Gasteiger partial charge < -0.3 is 10.6 Å². The molecule has 0 aromatic carbocycles. The van der Waals surface area contributed by atoms with Crippen molar-refractivity contribution in [1.82, 2.24) is 4.98 Å². The van der Waals surface area contributed by atoms with Crippen LogP contribution in [0.1, 0.15) is 32.9 Å². The van der Waals surface area contributed by atoms with Crippen LogP contribution in [0.4, 0.5) is 5.69 Å². The van der Waals surface area contributed by atoms with Crippen molar-refractivity contribution in [3.05, 3.63) is 24.0 Å². The minimum Gasteiger partial charge on any atom is -0.368 e. The Morgan fingerprint density at radius 1 is 1.41 bits per heavy atom. The molecule has 0 saturated carbocycles. The highest BCUT2D eigenvalue weighted by Crippen LogP contribution is 2.31. The van der Waals surface area contributed by atoms with Gasteiger partial charge in [0, 0.05) is 31.0 Å². The molecule has 0 amide bonds. The van der Waals surface area contributed by atoms with Crippen LogP contribution in [0.2, 0.25) is 0 Å². The Morgan fingerprint density at radius 3 is 2.88 bits per heavy atom. The highest BCUT2D eigenvalue weighted by atomic mass is 15.2. The maximum Gasteiger partial charge on any atom is 0.0560 e. The Bertz CT molecular complexity index is 377. The van der Waals surface area contributed by atoms with Crippen molar-refractivity contribution in [3.8, 4) is 0 Å². The van der Waals surface area contributed by atoms with Gasteiger partial charge in [-0.05, 0) is 37.3 Å². The zero-order chi connectivity index (χ0) is 12.4. The second kappa shape index (κ2) is 5.05. The van der Waals surface area contributed by atoms with Gasteiger partial charge in [-0.1, -0.05) is 13.8 Å². The lowest BCUT2D eigenvalue weighted by Crippen LogP contribution is -2.45. The van der Waals surface area contributed by atoms with E-state index in [2.05, 4.69) is 42.8 Å². The van der Waals surface area contributed by atoms with Gasteiger partial charge in [0.25, 0.3) is 0 Å². The van der Waals surface area contributed by atoms with Gasteiger partial charge in [0.1, 0.15) is 0 Å². The third-order valence-electron chi connectivity index (χ3n) is 3.94. The number of hydrogen-bond acceptors (Lipinski definition) is 3. The molecular weight excluding hydrogens is 210 g/mol. The lowest BCUT2D eigenvalue weighted by atomic mass is 9.85. The smallest absolute Gasteiger partial charge is 0.0560 e. The number of rotatable bonds is 2. The van der Waals surface area contributed by atoms with Gasteiger partial charge in [0.2, 0.25) is 0 Å². The van der Waals surface area contributed by atoms with E-state index in [4.69, 9.17) is 5.73 Å². The van der Waals surface area contributed by atoms with E-state index in [1.165, 1.54) is 12.1 Å². The molecule has 1 saturated heterocycles. The normalized spacial score (nSPS) is 29.4. The molecule has 3 unspecified atom stereocenters. The molecule has 0 aliphatic carbocycles. The number of nitrogens with zero attached hydrogens (tertiary/aromatic N) is 2. The number of nitrogens with two attached hydrogens (primary N) is 1. The quantitative estimate of drug-likeness (QED) is 0.853. The molecule has 1 aromatic rings. The molecule has 3 atom stereocenters. The van der Waals surface area contributed by atoms with Gasteiger partial charge in [-0.3, -0.25) is 4.98 Å². The molecule has 0 bridgehead atoms. The maximum absolute atomic E-state index is 5.66. The van der Waals surface area contributed by atoms with Crippen LogP contribution in [0.25, 0.3) is 0 Å². The van der Waals surface area contributed by atoms with Crippen molar-refractivity contribution in [1.29, 1.82) is 0 Å².